The van der Waals surface area contributed by atoms with E-state index in [0.717, 1.165) is 26.6 Å². The van der Waals surface area contributed by atoms with Crippen molar-refractivity contribution in [1.29, 1.82) is 0 Å². The molecule has 2 aromatic carbocycles. The van der Waals surface area contributed by atoms with Crippen molar-refractivity contribution in [3.63, 3.8) is 0 Å². The fourth-order valence-corrected chi connectivity index (χ4v) is 3.11. The Morgan fingerprint density at radius 2 is 1.90 bits per heavy atom. The average molecular weight is 293 g/mol. The van der Waals surface area contributed by atoms with Crippen molar-refractivity contribution in [2.45, 2.75) is 13.3 Å². The number of thiazole rings is 1. The molecule has 0 spiro atoms. The van der Waals surface area contributed by atoms with Crippen LogP contribution in [0.4, 0.5) is 0 Å². The Balaban J connectivity index is 1.77. The van der Waals surface area contributed by atoms with E-state index in [4.69, 9.17) is 0 Å². The van der Waals surface area contributed by atoms with Crippen LogP contribution >= 0.6 is 11.3 Å². The van der Waals surface area contributed by atoms with Gasteiger partial charge in [0.15, 0.2) is 5.78 Å². The van der Waals surface area contributed by atoms with E-state index < -0.39 is 0 Å². The molecule has 3 rings (SSSR count). The van der Waals surface area contributed by atoms with Crippen LogP contribution in [0.2, 0.25) is 0 Å². The summed E-state index contributed by atoms with van der Waals surface area (Å²) in [5.74, 6) is 0.118. The first-order chi connectivity index (χ1) is 10.2. The lowest BCUT2D eigenvalue weighted by atomic mass is 10.1. The quantitative estimate of drug-likeness (QED) is 0.661. The molecule has 3 heteroatoms. The molecular formula is C18H15NOS. The van der Waals surface area contributed by atoms with Crippen LogP contribution in [0.1, 0.15) is 20.9 Å². The molecular weight excluding hydrogens is 278 g/mol. The van der Waals surface area contributed by atoms with Gasteiger partial charge in [-0.3, -0.25) is 4.79 Å². The van der Waals surface area contributed by atoms with Gasteiger partial charge in [0.25, 0.3) is 0 Å². The number of hydrogen-bond donors (Lipinski definition) is 0. The molecule has 0 amide bonds. The highest BCUT2D eigenvalue weighted by Crippen LogP contribution is 2.26. The number of rotatable bonds is 4. The van der Waals surface area contributed by atoms with Gasteiger partial charge >= 0.3 is 0 Å². The number of ketones is 1. The van der Waals surface area contributed by atoms with Crippen molar-refractivity contribution >= 4 is 17.1 Å². The molecule has 2 nitrogen and oxygen atoms in total. The lowest BCUT2D eigenvalue weighted by molar-refractivity contribution is 0.0993. The molecule has 0 saturated heterocycles. The van der Waals surface area contributed by atoms with Crippen molar-refractivity contribution in [3.05, 3.63) is 76.9 Å². The van der Waals surface area contributed by atoms with Crippen LogP contribution < -0.4 is 0 Å². The maximum atomic E-state index is 12.3. The number of aromatic nitrogens is 1. The summed E-state index contributed by atoms with van der Waals surface area (Å²) in [5, 5.41) is 0.861. The monoisotopic (exact) mass is 293 g/mol. The smallest absolute Gasteiger partial charge is 0.169 e. The summed E-state index contributed by atoms with van der Waals surface area (Å²) >= 11 is 1.58. The minimum absolute atomic E-state index is 0.118. The molecule has 3 aromatic rings. The summed E-state index contributed by atoms with van der Waals surface area (Å²) < 4.78 is 0. The number of Topliss-reactive ketones (excluding diaryl/α,β-unsaturated/α-hetero) is 1. The molecule has 0 radical (unpaired) electrons. The fourth-order valence-electron chi connectivity index (χ4n) is 2.19. The van der Waals surface area contributed by atoms with Gasteiger partial charge in [0.05, 0.1) is 11.3 Å². The van der Waals surface area contributed by atoms with Gasteiger partial charge in [-0.1, -0.05) is 54.1 Å². The van der Waals surface area contributed by atoms with E-state index in [-0.39, 0.29) is 5.78 Å². The normalized spacial score (nSPS) is 10.5. The zero-order valence-corrected chi connectivity index (χ0v) is 12.6. The molecule has 0 saturated carbocycles. The third-order valence-corrected chi connectivity index (χ3v) is 4.31. The second-order valence-corrected chi connectivity index (χ2v) is 6.07. The Labute approximate surface area is 128 Å². The summed E-state index contributed by atoms with van der Waals surface area (Å²) in [7, 11) is 0. The molecule has 0 N–H and O–H groups in total. The largest absolute Gasteiger partial charge is 0.294 e. The average Bonchev–Trinajstić information content (AvgIpc) is 2.97. The minimum Gasteiger partial charge on any atom is -0.294 e. The van der Waals surface area contributed by atoms with E-state index in [9.17, 15) is 4.79 Å². The van der Waals surface area contributed by atoms with E-state index in [0.29, 0.717) is 6.42 Å². The van der Waals surface area contributed by atoms with E-state index in [2.05, 4.69) is 17.1 Å². The lowest BCUT2D eigenvalue weighted by Gasteiger charge is -2.00. The molecule has 0 aliphatic heterocycles. The topological polar surface area (TPSA) is 30.0 Å². The van der Waals surface area contributed by atoms with Crippen LogP contribution in [-0.4, -0.2) is 10.8 Å². The summed E-state index contributed by atoms with van der Waals surface area (Å²) in [5.41, 5.74) is 3.00. The number of hydrogen-bond acceptors (Lipinski definition) is 3. The van der Waals surface area contributed by atoms with E-state index >= 15 is 0 Å². The minimum atomic E-state index is 0.118. The predicted octanol–water partition coefficient (Wildman–Crippen LogP) is 4.54. The summed E-state index contributed by atoms with van der Waals surface area (Å²) in [6, 6.07) is 17.8. The molecule has 0 unspecified atom stereocenters. The number of carbonyl (C=O) groups is 1. The van der Waals surface area contributed by atoms with Crippen molar-refractivity contribution in [3.8, 4) is 10.4 Å². The molecule has 1 heterocycles. The first-order valence-corrected chi connectivity index (χ1v) is 7.64. The number of aryl methyl sites for hydroxylation is 1. The molecule has 1 aromatic heterocycles. The zero-order chi connectivity index (χ0) is 14.7. The summed E-state index contributed by atoms with van der Waals surface area (Å²) in [4.78, 5) is 17.8. The van der Waals surface area contributed by atoms with Crippen molar-refractivity contribution < 1.29 is 4.79 Å². The first kappa shape index (κ1) is 13.7. The maximum absolute atomic E-state index is 12.3. The highest BCUT2D eigenvalue weighted by Gasteiger charge is 2.11. The summed E-state index contributed by atoms with van der Waals surface area (Å²) in [6.45, 7) is 1.99. The molecule has 104 valence electrons. The van der Waals surface area contributed by atoms with Crippen LogP contribution in [-0.2, 0) is 6.42 Å². The fraction of sp³-hybridized carbons (Fsp3) is 0.111. The van der Waals surface area contributed by atoms with Gasteiger partial charge in [-0.2, -0.15) is 0 Å². The van der Waals surface area contributed by atoms with Crippen LogP contribution in [0, 0.1) is 6.92 Å². The van der Waals surface area contributed by atoms with Gasteiger partial charge in [0, 0.05) is 11.8 Å². The van der Waals surface area contributed by atoms with Crippen molar-refractivity contribution in [2.24, 2.45) is 0 Å². The van der Waals surface area contributed by atoms with Crippen molar-refractivity contribution in [2.75, 3.05) is 0 Å². The van der Waals surface area contributed by atoms with E-state index in [1.807, 2.05) is 55.6 Å². The second-order valence-electron chi connectivity index (χ2n) is 4.95. The number of nitrogens with zero attached hydrogens (tertiary/aromatic N) is 1. The Bertz CT molecular complexity index is 762. The van der Waals surface area contributed by atoms with E-state index in [1.54, 1.807) is 11.3 Å². The number of carbonyl (C=O) groups excluding carboxylic acids is 1. The maximum Gasteiger partial charge on any atom is 0.169 e. The Hall–Kier alpha value is -2.26. The summed E-state index contributed by atoms with van der Waals surface area (Å²) in [6.07, 6.45) is 2.21. The predicted molar refractivity (Wildman–Crippen MR) is 86.8 cm³/mol. The third kappa shape index (κ3) is 3.26. The Kier molecular flexibility index (Phi) is 3.93. The van der Waals surface area contributed by atoms with Gasteiger partial charge in [0.2, 0.25) is 0 Å². The molecule has 0 fully saturated rings. The van der Waals surface area contributed by atoms with Gasteiger partial charge in [-0.25, -0.2) is 4.98 Å². The standard InChI is InChI=1S/C18H15NOS/c1-13-6-5-9-15(10-13)16(20)11-18-19-12-17(21-18)14-7-3-2-4-8-14/h2-10,12H,11H2,1H3. The molecule has 0 atom stereocenters. The van der Waals surface area contributed by atoms with Gasteiger partial charge in [-0.05, 0) is 18.6 Å². The molecule has 0 aliphatic rings. The van der Waals surface area contributed by atoms with E-state index in [1.165, 1.54) is 0 Å². The van der Waals surface area contributed by atoms with Gasteiger partial charge in [-0.15, -0.1) is 11.3 Å². The Morgan fingerprint density at radius 1 is 1.10 bits per heavy atom. The third-order valence-electron chi connectivity index (χ3n) is 3.26. The van der Waals surface area contributed by atoms with Crippen LogP contribution in [0.5, 0.6) is 0 Å². The van der Waals surface area contributed by atoms with Crippen molar-refractivity contribution in [1.82, 2.24) is 4.98 Å². The highest BCUT2D eigenvalue weighted by molar-refractivity contribution is 7.15. The zero-order valence-electron chi connectivity index (χ0n) is 11.7. The molecule has 21 heavy (non-hydrogen) atoms. The SMILES string of the molecule is Cc1cccc(C(=O)Cc2ncc(-c3ccccc3)s2)c1. The molecule has 0 aliphatic carbocycles. The van der Waals surface area contributed by atoms with Crippen LogP contribution in [0.15, 0.2) is 60.8 Å². The lowest BCUT2D eigenvalue weighted by Crippen LogP contribution is -2.03. The Morgan fingerprint density at radius 3 is 2.67 bits per heavy atom. The van der Waals surface area contributed by atoms with Gasteiger partial charge in [0.1, 0.15) is 5.01 Å². The van der Waals surface area contributed by atoms with Crippen LogP contribution in [0.3, 0.4) is 0 Å². The number of benzene rings is 2. The van der Waals surface area contributed by atoms with Gasteiger partial charge < -0.3 is 0 Å². The first-order valence-electron chi connectivity index (χ1n) is 6.82. The highest BCUT2D eigenvalue weighted by atomic mass is 32.1. The second kappa shape index (κ2) is 6.02. The molecule has 0 bridgehead atoms. The van der Waals surface area contributed by atoms with Crippen LogP contribution in [0.25, 0.3) is 10.4 Å².